The van der Waals surface area contributed by atoms with Gasteiger partial charge in [0.15, 0.2) is 5.17 Å². The van der Waals surface area contributed by atoms with Crippen LogP contribution in [0.4, 0.5) is 11.4 Å². The molecule has 0 N–H and O–H groups in total. The van der Waals surface area contributed by atoms with E-state index in [2.05, 4.69) is 38.8 Å². The van der Waals surface area contributed by atoms with Crippen molar-refractivity contribution in [2.75, 3.05) is 32.2 Å². The zero-order valence-electron chi connectivity index (χ0n) is 19.8. The molecule has 0 bridgehead atoms. The van der Waals surface area contributed by atoms with E-state index in [1.54, 1.807) is 12.0 Å². The topological polar surface area (TPSA) is 45.1 Å². The Balaban J connectivity index is 1.71. The quantitative estimate of drug-likeness (QED) is 0.467. The third-order valence-electron chi connectivity index (χ3n) is 6.43. The Bertz CT molecular complexity index is 1110. The Morgan fingerprint density at radius 2 is 2.00 bits per heavy atom. The fourth-order valence-corrected chi connectivity index (χ4v) is 5.67. The number of halogens is 1. The summed E-state index contributed by atoms with van der Waals surface area (Å²) in [5.74, 6) is 0.327. The van der Waals surface area contributed by atoms with E-state index in [4.69, 9.17) is 21.3 Å². The lowest BCUT2D eigenvalue weighted by Crippen LogP contribution is -2.45. The zero-order chi connectivity index (χ0) is 23.8. The molecular formula is C26H30ClN3O2S. The van der Waals surface area contributed by atoms with Gasteiger partial charge in [-0.3, -0.25) is 9.69 Å². The van der Waals surface area contributed by atoms with Crippen LogP contribution in [-0.2, 0) is 9.53 Å². The van der Waals surface area contributed by atoms with Crippen molar-refractivity contribution >= 4 is 51.9 Å². The first-order valence-corrected chi connectivity index (χ1v) is 12.3. The lowest BCUT2D eigenvalue weighted by molar-refractivity contribution is -0.122. The summed E-state index contributed by atoms with van der Waals surface area (Å²) in [6, 6.07) is 13.8. The van der Waals surface area contributed by atoms with Crippen molar-refractivity contribution in [3.63, 3.8) is 0 Å². The summed E-state index contributed by atoms with van der Waals surface area (Å²) in [7, 11) is 3.75. The van der Waals surface area contributed by atoms with Gasteiger partial charge in [-0.15, -0.1) is 0 Å². The lowest BCUT2D eigenvalue weighted by Gasteiger charge is -2.45. The fraction of sp³-hybridized carbons (Fsp3) is 0.385. The van der Waals surface area contributed by atoms with Gasteiger partial charge >= 0.3 is 0 Å². The molecule has 5 nitrogen and oxygen atoms in total. The average Bonchev–Trinajstić information content (AvgIpc) is 3.06. The molecule has 0 aromatic heterocycles. The SMILES string of the molecule is COCCN1C(=O)/C(=C\c2cc3c(cc2Cl)N(C)C(C)(C)CC3C)SC1=Nc1ccccc1. The maximum Gasteiger partial charge on any atom is 0.266 e. The van der Waals surface area contributed by atoms with Crippen LogP contribution in [0.5, 0.6) is 0 Å². The van der Waals surface area contributed by atoms with Crippen molar-refractivity contribution in [1.29, 1.82) is 0 Å². The van der Waals surface area contributed by atoms with Crippen molar-refractivity contribution in [3.8, 4) is 0 Å². The van der Waals surface area contributed by atoms with E-state index in [0.29, 0.717) is 34.2 Å². The van der Waals surface area contributed by atoms with Crippen molar-refractivity contribution in [1.82, 2.24) is 4.90 Å². The van der Waals surface area contributed by atoms with Crippen LogP contribution in [0.25, 0.3) is 6.08 Å². The smallest absolute Gasteiger partial charge is 0.266 e. The van der Waals surface area contributed by atoms with E-state index < -0.39 is 0 Å². The molecular weight excluding hydrogens is 454 g/mol. The normalized spacial score (nSPS) is 22.4. The van der Waals surface area contributed by atoms with Gasteiger partial charge in [-0.2, -0.15) is 0 Å². The lowest BCUT2D eigenvalue weighted by atomic mass is 9.80. The molecule has 1 amide bonds. The first kappa shape index (κ1) is 23.9. The van der Waals surface area contributed by atoms with E-state index in [-0.39, 0.29) is 11.4 Å². The molecule has 4 rings (SSSR count). The number of amidine groups is 1. The third-order valence-corrected chi connectivity index (χ3v) is 7.76. The molecule has 174 valence electrons. The molecule has 33 heavy (non-hydrogen) atoms. The number of hydrogen-bond donors (Lipinski definition) is 0. The third kappa shape index (κ3) is 4.84. The van der Waals surface area contributed by atoms with Crippen LogP contribution in [0.15, 0.2) is 52.4 Å². The molecule has 1 saturated heterocycles. The number of nitrogens with zero attached hydrogens (tertiary/aromatic N) is 3. The highest BCUT2D eigenvalue weighted by molar-refractivity contribution is 8.18. The summed E-state index contributed by atoms with van der Waals surface area (Å²) in [5.41, 5.74) is 4.15. The van der Waals surface area contributed by atoms with Gasteiger partial charge in [0, 0.05) is 30.4 Å². The predicted octanol–water partition coefficient (Wildman–Crippen LogP) is 6.31. The van der Waals surface area contributed by atoms with E-state index in [1.165, 1.54) is 17.3 Å². The number of benzene rings is 2. The summed E-state index contributed by atoms with van der Waals surface area (Å²) in [6.07, 6.45) is 2.95. The minimum Gasteiger partial charge on any atom is -0.383 e. The highest BCUT2D eigenvalue weighted by Gasteiger charge is 2.36. The molecule has 2 aromatic rings. The Morgan fingerprint density at radius 3 is 2.70 bits per heavy atom. The largest absolute Gasteiger partial charge is 0.383 e. The zero-order valence-corrected chi connectivity index (χ0v) is 21.3. The van der Waals surface area contributed by atoms with Crippen LogP contribution in [0.2, 0.25) is 5.02 Å². The van der Waals surface area contributed by atoms with Crippen molar-refractivity contribution in [3.05, 3.63) is 63.5 Å². The van der Waals surface area contributed by atoms with Crippen LogP contribution in [0, 0.1) is 0 Å². The number of para-hydroxylation sites is 1. The molecule has 0 radical (unpaired) electrons. The molecule has 2 aliphatic heterocycles. The van der Waals surface area contributed by atoms with Crippen molar-refractivity contribution in [2.24, 2.45) is 4.99 Å². The van der Waals surface area contributed by atoms with E-state index in [9.17, 15) is 4.79 Å². The van der Waals surface area contributed by atoms with Gasteiger partial charge in [0.25, 0.3) is 5.91 Å². The van der Waals surface area contributed by atoms with Gasteiger partial charge in [0.05, 0.1) is 23.7 Å². The van der Waals surface area contributed by atoms with E-state index >= 15 is 0 Å². The molecule has 2 aromatic carbocycles. The van der Waals surface area contributed by atoms with Gasteiger partial charge in [-0.05, 0) is 79.4 Å². The van der Waals surface area contributed by atoms with Gasteiger partial charge in [0.1, 0.15) is 0 Å². The van der Waals surface area contributed by atoms with Gasteiger partial charge < -0.3 is 9.64 Å². The number of ether oxygens (including phenoxy) is 1. The van der Waals surface area contributed by atoms with Crippen molar-refractivity contribution in [2.45, 2.75) is 38.6 Å². The van der Waals surface area contributed by atoms with Gasteiger partial charge in [-0.1, -0.05) is 36.7 Å². The number of carbonyl (C=O) groups excluding carboxylic acids is 1. The number of fused-ring (bicyclic) bond motifs is 1. The van der Waals surface area contributed by atoms with Crippen LogP contribution < -0.4 is 4.90 Å². The number of thioether (sulfide) groups is 1. The second kappa shape index (κ2) is 9.53. The molecule has 0 aliphatic carbocycles. The Kier molecular flexibility index (Phi) is 6.89. The monoisotopic (exact) mass is 483 g/mol. The van der Waals surface area contributed by atoms with Crippen LogP contribution in [-0.4, -0.2) is 48.8 Å². The molecule has 1 fully saturated rings. The summed E-state index contributed by atoms with van der Waals surface area (Å²) in [5, 5.41) is 1.29. The number of carbonyl (C=O) groups is 1. The Hall–Kier alpha value is -2.28. The first-order chi connectivity index (χ1) is 15.7. The number of hydrogen-bond acceptors (Lipinski definition) is 5. The van der Waals surface area contributed by atoms with Crippen LogP contribution in [0.3, 0.4) is 0 Å². The predicted molar refractivity (Wildman–Crippen MR) is 140 cm³/mol. The fourth-order valence-electron chi connectivity index (χ4n) is 4.44. The number of aliphatic imine (C=N–C) groups is 1. The Morgan fingerprint density at radius 1 is 1.27 bits per heavy atom. The average molecular weight is 484 g/mol. The first-order valence-electron chi connectivity index (χ1n) is 11.1. The molecule has 0 spiro atoms. The number of anilines is 1. The van der Waals surface area contributed by atoms with Crippen LogP contribution in [0.1, 0.15) is 44.2 Å². The molecule has 7 heteroatoms. The molecule has 2 heterocycles. The number of rotatable bonds is 5. The number of methoxy groups -OCH3 is 1. The standard InChI is InChI=1S/C26H30ClN3O2S/c1-17-16-26(2,3)29(4)22-15-21(27)18(13-20(17)22)14-23-24(31)30(11-12-32-5)25(33-23)28-19-9-7-6-8-10-19/h6-10,13-15,17H,11-12,16H2,1-5H3/b23-14+,28-25?. The minimum atomic E-state index is -0.0770. The molecule has 1 atom stereocenters. The molecule has 2 aliphatic rings. The second-order valence-corrected chi connectivity index (χ2v) is 10.6. The summed E-state index contributed by atoms with van der Waals surface area (Å²) < 4.78 is 5.22. The summed E-state index contributed by atoms with van der Waals surface area (Å²) in [4.78, 5) is 22.6. The molecule has 0 saturated carbocycles. The highest BCUT2D eigenvalue weighted by Crippen LogP contribution is 2.45. The van der Waals surface area contributed by atoms with Gasteiger partial charge in [-0.25, -0.2) is 4.99 Å². The number of amides is 1. The molecule has 1 unspecified atom stereocenters. The van der Waals surface area contributed by atoms with Crippen molar-refractivity contribution < 1.29 is 9.53 Å². The van der Waals surface area contributed by atoms with Gasteiger partial charge in [0.2, 0.25) is 0 Å². The maximum absolute atomic E-state index is 13.3. The minimum absolute atomic E-state index is 0.0671. The van der Waals surface area contributed by atoms with Crippen LogP contribution >= 0.6 is 23.4 Å². The highest BCUT2D eigenvalue weighted by atomic mass is 35.5. The maximum atomic E-state index is 13.3. The second-order valence-electron chi connectivity index (χ2n) is 9.20. The van der Waals surface area contributed by atoms with E-state index in [1.807, 2.05) is 42.5 Å². The summed E-state index contributed by atoms with van der Waals surface area (Å²) >= 11 is 8.10. The van der Waals surface area contributed by atoms with E-state index in [0.717, 1.165) is 23.4 Å². The summed E-state index contributed by atoms with van der Waals surface area (Å²) in [6.45, 7) is 7.65. The Labute approximate surface area is 205 Å².